The molecular weight excluding hydrogens is 514 g/mol. The molecule has 0 bridgehead atoms. The van der Waals surface area contributed by atoms with Gasteiger partial charge in [-0.1, -0.05) is 18.2 Å². The van der Waals surface area contributed by atoms with Crippen molar-refractivity contribution in [1.29, 1.82) is 0 Å². The third-order valence-electron chi connectivity index (χ3n) is 7.14. The number of nitro groups is 1. The highest BCUT2D eigenvalue weighted by atomic mass is 16.6. The van der Waals surface area contributed by atoms with Crippen molar-refractivity contribution in [2.45, 2.75) is 19.4 Å². The van der Waals surface area contributed by atoms with Crippen molar-refractivity contribution in [1.82, 2.24) is 19.4 Å². The first-order valence-corrected chi connectivity index (χ1v) is 12.9. The number of nitrogens with one attached hydrogen (secondary N) is 1. The summed E-state index contributed by atoms with van der Waals surface area (Å²) in [5.74, 6) is -0.697. The van der Waals surface area contributed by atoms with Crippen LogP contribution in [-0.2, 0) is 13.0 Å². The average Bonchev–Trinajstić information content (AvgIpc) is 3.31. The van der Waals surface area contributed by atoms with Gasteiger partial charge in [0.2, 0.25) is 5.95 Å². The predicted octanol–water partition coefficient (Wildman–Crippen LogP) is 4.40. The van der Waals surface area contributed by atoms with E-state index in [1.54, 1.807) is 18.0 Å². The van der Waals surface area contributed by atoms with Crippen molar-refractivity contribution >= 4 is 39.9 Å². The Morgan fingerprint density at radius 2 is 2.05 bits per heavy atom. The number of hydrogen-bond acceptors (Lipinski definition) is 9. The SMILES string of the molecule is COc1cc(N(C)CCN(C)C)c([N+](=O)[O-])cc1Nc1ncc(C(=O)O)c(-c2cn3c4c(cccc24)CCC3)n1. The fraction of sp³-hybridized carbons (Fsp3) is 0.321. The maximum absolute atomic E-state index is 12.2. The van der Waals surface area contributed by atoms with E-state index in [0.717, 1.165) is 30.3 Å². The van der Waals surface area contributed by atoms with Gasteiger partial charge in [-0.2, -0.15) is 0 Å². The molecule has 0 saturated heterocycles. The summed E-state index contributed by atoms with van der Waals surface area (Å²) in [6.07, 6.45) is 5.16. The largest absolute Gasteiger partial charge is 0.494 e. The zero-order valence-electron chi connectivity index (χ0n) is 22.8. The molecule has 2 N–H and O–H groups in total. The number of para-hydroxylation sites is 1. The number of nitro benzene ring substituents is 1. The van der Waals surface area contributed by atoms with Crippen LogP contribution in [0.15, 0.2) is 42.7 Å². The van der Waals surface area contributed by atoms with Gasteiger partial charge in [0, 0.05) is 62.2 Å². The van der Waals surface area contributed by atoms with Gasteiger partial charge in [-0.15, -0.1) is 0 Å². The van der Waals surface area contributed by atoms with E-state index < -0.39 is 10.9 Å². The van der Waals surface area contributed by atoms with Crippen molar-refractivity contribution < 1.29 is 19.6 Å². The molecule has 2 aromatic heterocycles. The number of nitrogens with zero attached hydrogens (tertiary/aromatic N) is 6. The fourth-order valence-corrected chi connectivity index (χ4v) is 5.12. The quantitative estimate of drug-likeness (QED) is 0.218. The molecule has 1 aliphatic heterocycles. The lowest BCUT2D eigenvalue weighted by Crippen LogP contribution is -2.29. The number of anilines is 3. The third-order valence-corrected chi connectivity index (χ3v) is 7.14. The number of carboxylic acids is 1. The van der Waals surface area contributed by atoms with E-state index in [2.05, 4.69) is 25.9 Å². The Kier molecular flexibility index (Phi) is 7.26. The van der Waals surface area contributed by atoms with E-state index >= 15 is 0 Å². The van der Waals surface area contributed by atoms with Gasteiger partial charge >= 0.3 is 5.97 Å². The molecule has 0 unspecified atom stereocenters. The summed E-state index contributed by atoms with van der Waals surface area (Å²) < 4.78 is 7.71. The maximum atomic E-state index is 12.2. The zero-order valence-corrected chi connectivity index (χ0v) is 22.8. The summed E-state index contributed by atoms with van der Waals surface area (Å²) in [7, 11) is 7.13. The van der Waals surface area contributed by atoms with Gasteiger partial charge in [-0.25, -0.2) is 14.8 Å². The van der Waals surface area contributed by atoms with E-state index in [4.69, 9.17) is 4.74 Å². The minimum atomic E-state index is -1.15. The van der Waals surface area contributed by atoms with Gasteiger partial charge in [0.1, 0.15) is 17.0 Å². The molecule has 208 valence electrons. The highest BCUT2D eigenvalue weighted by Crippen LogP contribution is 2.40. The fourth-order valence-electron chi connectivity index (χ4n) is 5.12. The molecule has 0 spiro atoms. The van der Waals surface area contributed by atoms with E-state index in [1.165, 1.54) is 24.9 Å². The smallest absolute Gasteiger partial charge is 0.339 e. The molecule has 12 heteroatoms. The number of methoxy groups -OCH3 is 1. The molecule has 1 aliphatic rings. The first-order valence-electron chi connectivity index (χ1n) is 12.9. The molecule has 4 aromatic rings. The van der Waals surface area contributed by atoms with Crippen molar-refractivity contribution in [3.63, 3.8) is 0 Å². The van der Waals surface area contributed by atoms with Gasteiger partial charge in [0.05, 0.1) is 28.9 Å². The summed E-state index contributed by atoms with van der Waals surface area (Å²) in [6.45, 7) is 2.12. The summed E-state index contributed by atoms with van der Waals surface area (Å²) >= 11 is 0. The minimum absolute atomic E-state index is 0.0370. The number of aryl methyl sites for hydroxylation is 2. The third kappa shape index (κ3) is 5.00. The molecule has 0 aliphatic carbocycles. The van der Waals surface area contributed by atoms with Crippen LogP contribution >= 0.6 is 0 Å². The van der Waals surface area contributed by atoms with Gasteiger partial charge in [0.25, 0.3) is 5.69 Å². The molecule has 2 aromatic carbocycles. The van der Waals surface area contributed by atoms with Crippen LogP contribution in [0.4, 0.5) is 23.0 Å². The van der Waals surface area contributed by atoms with E-state index in [-0.39, 0.29) is 28.6 Å². The molecule has 40 heavy (non-hydrogen) atoms. The standard InChI is InChI=1S/C28H31N7O5/c1-32(2)11-12-33(3)22-14-24(40-4)21(13-23(22)35(38)39)30-28-29-15-19(27(36)37)25(31-28)20-16-34-10-6-8-17-7-5-9-18(20)26(17)34/h5,7,9,13-16H,6,8,10-12H2,1-4H3,(H,36,37)(H,29,30,31). The summed E-state index contributed by atoms with van der Waals surface area (Å²) in [6, 6.07) is 9.02. The number of rotatable bonds is 10. The second-order valence-corrected chi connectivity index (χ2v) is 10.1. The van der Waals surface area contributed by atoms with Crippen LogP contribution in [0.3, 0.4) is 0 Å². The number of aromatic nitrogens is 3. The van der Waals surface area contributed by atoms with Crippen LogP contribution in [-0.4, -0.2) is 76.8 Å². The topological polar surface area (TPSA) is 139 Å². The van der Waals surface area contributed by atoms with E-state index in [9.17, 15) is 20.0 Å². The Bertz CT molecular complexity index is 1610. The lowest BCUT2D eigenvalue weighted by Gasteiger charge is -2.22. The number of carbonyl (C=O) groups is 1. The Hall–Kier alpha value is -4.71. The second kappa shape index (κ2) is 10.8. The molecule has 0 saturated carbocycles. The number of hydrogen-bond donors (Lipinski definition) is 2. The number of carboxylic acid groups (broad SMARTS) is 1. The van der Waals surface area contributed by atoms with Crippen LogP contribution in [0.1, 0.15) is 22.3 Å². The highest BCUT2D eigenvalue weighted by molar-refractivity contribution is 6.03. The van der Waals surface area contributed by atoms with E-state index in [0.29, 0.717) is 30.1 Å². The van der Waals surface area contributed by atoms with E-state index in [1.807, 2.05) is 37.3 Å². The Morgan fingerprint density at radius 1 is 1.25 bits per heavy atom. The van der Waals surface area contributed by atoms with Crippen LogP contribution in [0.25, 0.3) is 22.2 Å². The van der Waals surface area contributed by atoms with Gasteiger partial charge < -0.3 is 29.5 Å². The summed E-state index contributed by atoms with van der Waals surface area (Å²) in [5, 5.41) is 25.9. The minimum Gasteiger partial charge on any atom is -0.494 e. The molecule has 0 amide bonds. The lowest BCUT2D eigenvalue weighted by atomic mass is 10.0. The first-order chi connectivity index (χ1) is 19.2. The molecule has 12 nitrogen and oxygen atoms in total. The van der Waals surface area contributed by atoms with Gasteiger partial charge in [-0.05, 0) is 32.5 Å². The first kappa shape index (κ1) is 26.9. The maximum Gasteiger partial charge on any atom is 0.339 e. The molecule has 5 rings (SSSR count). The highest BCUT2D eigenvalue weighted by Gasteiger charge is 2.25. The average molecular weight is 546 g/mol. The summed E-state index contributed by atoms with van der Waals surface area (Å²) in [4.78, 5) is 36.4. The summed E-state index contributed by atoms with van der Waals surface area (Å²) in [5.41, 5.74) is 3.80. The van der Waals surface area contributed by atoms with Gasteiger partial charge in [0.15, 0.2) is 0 Å². The van der Waals surface area contributed by atoms with Gasteiger partial charge in [-0.3, -0.25) is 10.1 Å². The van der Waals surface area contributed by atoms with Crippen LogP contribution in [0.2, 0.25) is 0 Å². The number of ether oxygens (including phenoxy) is 1. The Balaban J connectivity index is 1.58. The number of aromatic carboxylic acids is 1. The normalized spacial score (nSPS) is 12.5. The zero-order chi connectivity index (χ0) is 28.6. The Morgan fingerprint density at radius 3 is 2.75 bits per heavy atom. The molecule has 3 heterocycles. The molecule has 0 atom stereocenters. The van der Waals surface area contributed by atoms with Crippen molar-refractivity contribution in [2.75, 3.05) is 51.6 Å². The molecule has 0 radical (unpaired) electrons. The monoisotopic (exact) mass is 545 g/mol. The molecule has 0 fully saturated rings. The second-order valence-electron chi connectivity index (χ2n) is 10.1. The van der Waals surface area contributed by atoms with Crippen LogP contribution in [0.5, 0.6) is 5.75 Å². The Labute approximate surface area is 231 Å². The number of likely N-dealkylation sites (N-methyl/N-ethyl adjacent to an activating group) is 2. The van der Waals surface area contributed by atoms with Crippen LogP contribution < -0.4 is 15.0 Å². The van der Waals surface area contributed by atoms with Crippen molar-refractivity contribution in [3.8, 4) is 17.0 Å². The van der Waals surface area contributed by atoms with Crippen molar-refractivity contribution in [3.05, 3.63) is 64.0 Å². The van der Waals surface area contributed by atoms with Crippen molar-refractivity contribution in [2.24, 2.45) is 0 Å². The number of benzene rings is 2. The molecular formula is C28H31N7O5. The predicted molar refractivity (Wildman–Crippen MR) is 153 cm³/mol. The lowest BCUT2D eigenvalue weighted by molar-refractivity contribution is -0.384. The van der Waals surface area contributed by atoms with Crippen LogP contribution in [0, 0.1) is 10.1 Å².